The zero-order valence-corrected chi connectivity index (χ0v) is 16.8. The van der Waals surface area contributed by atoms with Crippen molar-refractivity contribution in [2.24, 2.45) is 0 Å². The Morgan fingerprint density at radius 1 is 0.821 bits per heavy atom. The maximum absolute atomic E-state index is 5.44. The molecule has 0 spiro atoms. The van der Waals surface area contributed by atoms with E-state index < -0.39 is 0 Å². The summed E-state index contributed by atoms with van der Waals surface area (Å²) in [5.41, 5.74) is 2.89. The fraction of sp³-hybridized carbons (Fsp3) is 0.238. The smallest absolute Gasteiger partial charge is 0.146 e. The van der Waals surface area contributed by atoms with E-state index in [9.17, 15) is 0 Å². The van der Waals surface area contributed by atoms with Gasteiger partial charge in [0.2, 0.25) is 0 Å². The highest BCUT2D eigenvalue weighted by molar-refractivity contribution is 5.68. The number of aromatic nitrogens is 2. The van der Waals surface area contributed by atoms with E-state index in [-0.39, 0.29) is 0 Å². The lowest BCUT2D eigenvalue weighted by Gasteiger charge is -2.15. The molecule has 0 radical (unpaired) electrons. The van der Waals surface area contributed by atoms with Crippen molar-refractivity contribution in [1.82, 2.24) is 9.97 Å². The lowest BCUT2D eigenvalue weighted by molar-refractivity contribution is 0.395. The SMILES string of the molecule is COc1ccc(Nc2cc(Nc3ccc(N(C)C)cc3)nc(C)n2)c(OC)c1. The van der Waals surface area contributed by atoms with Crippen LogP contribution in [0.4, 0.5) is 28.7 Å². The lowest BCUT2D eigenvalue weighted by Crippen LogP contribution is -2.08. The van der Waals surface area contributed by atoms with E-state index in [1.54, 1.807) is 14.2 Å². The first-order valence-electron chi connectivity index (χ1n) is 8.87. The Morgan fingerprint density at radius 2 is 1.50 bits per heavy atom. The molecule has 28 heavy (non-hydrogen) atoms. The first kappa shape index (κ1) is 19.3. The second-order valence-corrected chi connectivity index (χ2v) is 6.44. The summed E-state index contributed by atoms with van der Waals surface area (Å²) in [7, 11) is 7.28. The first-order chi connectivity index (χ1) is 13.5. The molecule has 0 atom stereocenters. The predicted octanol–water partition coefficient (Wildman–Crippen LogP) is 4.36. The van der Waals surface area contributed by atoms with Gasteiger partial charge >= 0.3 is 0 Å². The van der Waals surface area contributed by atoms with Gasteiger partial charge in [0.15, 0.2) is 0 Å². The van der Waals surface area contributed by atoms with Crippen molar-refractivity contribution < 1.29 is 9.47 Å². The van der Waals surface area contributed by atoms with Crippen LogP contribution in [0.15, 0.2) is 48.5 Å². The van der Waals surface area contributed by atoms with Crippen LogP contribution >= 0.6 is 0 Å². The number of hydrogen-bond acceptors (Lipinski definition) is 7. The molecule has 146 valence electrons. The molecule has 0 bridgehead atoms. The van der Waals surface area contributed by atoms with E-state index in [0.717, 1.165) is 22.8 Å². The van der Waals surface area contributed by atoms with Crippen molar-refractivity contribution in [3.8, 4) is 11.5 Å². The summed E-state index contributed by atoms with van der Waals surface area (Å²) in [5, 5.41) is 6.61. The Balaban J connectivity index is 1.81. The monoisotopic (exact) mass is 379 g/mol. The number of hydrogen-bond donors (Lipinski definition) is 2. The van der Waals surface area contributed by atoms with E-state index in [2.05, 4.69) is 37.6 Å². The second kappa shape index (κ2) is 8.47. The Bertz CT molecular complexity index is 942. The summed E-state index contributed by atoms with van der Waals surface area (Å²) < 4.78 is 10.7. The fourth-order valence-corrected chi connectivity index (χ4v) is 2.73. The van der Waals surface area contributed by atoms with Crippen molar-refractivity contribution in [2.45, 2.75) is 6.92 Å². The molecule has 3 aromatic rings. The van der Waals surface area contributed by atoms with Crippen LogP contribution < -0.4 is 25.0 Å². The summed E-state index contributed by atoms with van der Waals surface area (Å²) in [6.45, 7) is 1.86. The Labute approximate surface area is 165 Å². The number of anilines is 5. The van der Waals surface area contributed by atoms with Crippen LogP contribution in [-0.2, 0) is 0 Å². The van der Waals surface area contributed by atoms with Gasteiger partial charge in [-0.2, -0.15) is 0 Å². The first-order valence-corrected chi connectivity index (χ1v) is 8.87. The molecule has 0 saturated carbocycles. The van der Waals surface area contributed by atoms with Crippen LogP contribution in [0.25, 0.3) is 0 Å². The third-order valence-corrected chi connectivity index (χ3v) is 4.17. The number of nitrogens with zero attached hydrogens (tertiary/aromatic N) is 3. The highest BCUT2D eigenvalue weighted by atomic mass is 16.5. The van der Waals surface area contributed by atoms with Crippen LogP contribution in [0.1, 0.15) is 5.82 Å². The van der Waals surface area contributed by atoms with Gasteiger partial charge in [-0.1, -0.05) is 0 Å². The van der Waals surface area contributed by atoms with Gasteiger partial charge in [0, 0.05) is 37.6 Å². The molecule has 3 rings (SSSR count). The van der Waals surface area contributed by atoms with Gasteiger partial charge in [-0.3, -0.25) is 0 Å². The molecule has 7 heteroatoms. The average molecular weight is 379 g/mol. The third-order valence-electron chi connectivity index (χ3n) is 4.17. The fourth-order valence-electron chi connectivity index (χ4n) is 2.73. The van der Waals surface area contributed by atoms with Gasteiger partial charge in [-0.05, 0) is 43.3 Å². The normalized spacial score (nSPS) is 10.3. The zero-order chi connectivity index (χ0) is 20.1. The van der Waals surface area contributed by atoms with Gasteiger partial charge in [0.1, 0.15) is 29.0 Å². The van der Waals surface area contributed by atoms with Gasteiger partial charge in [0.05, 0.1) is 19.9 Å². The summed E-state index contributed by atoms with van der Waals surface area (Å²) >= 11 is 0. The van der Waals surface area contributed by atoms with Crippen LogP contribution in [-0.4, -0.2) is 38.3 Å². The maximum atomic E-state index is 5.44. The van der Waals surface area contributed by atoms with Gasteiger partial charge < -0.3 is 25.0 Å². The van der Waals surface area contributed by atoms with Gasteiger partial charge in [-0.15, -0.1) is 0 Å². The quantitative estimate of drug-likeness (QED) is 0.632. The molecule has 1 aromatic heterocycles. The summed E-state index contributed by atoms with van der Waals surface area (Å²) in [5.74, 6) is 3.43. The molecule has 7 nitrogen and oxygen atoms in total. The number of methoxy groups -OCH3 is 2. The largest absolute Gasteiger partial charge is 0.497 e. The molecule has 0 fully saturated rings. The molecule has 2 N–H and O–H groups in total. The van der Waals surface area contributed by atoms with E-state index >= 15 is 0 Å². The molecule has 0 unspecified atom stereocenters. The molecule has 0 aliphatic rings. The Hall–Kier alpha value is -3.48. The molecule has 0 aliphatic carbocycles. The minimum absolute atomic E-state index is 0.657. The standard InChI is InChI=1S/C21H25N5O2/c1-14-22-20(24-15-6-8-16(9-7-15)26(2)3)13-21(23-14)25-18-11-10-17(27-4)12-19(18)28-5/h6-13H,1-5H3,(H2,22,23,24,25). The summed E-state index contributed by atoms with van der Waals surface area (Å²) in [6.07, 6.45) is 0. The van der Waals surface area contributed by atoms with Crippen LogP contribution in [0.3, 0.4) is 0 Å². The molecule has 0 saturated heterocycles. The van der Waals surface area contributed by atoms with E-state index in [1.807, 2.05) is 57.4 Å². The van der Waals surface area contributed by atoms with Gasteiger partial charge in [0.25, 0.3) is 0 Å². The molecule has 2 aromatic carbocycles. The highest BCUT2D eigenvalue weighted by Gasteiger charge is 2.08. The number of rotatable bonds is 7. The number of nitrogens with one attached hydrogen (secondary N) is 2. The summed E-state index contributed by atoms with van der Waals surface area (Å²) in [4.78, 5) is 11.0. The topological polar surface area (TPSA) is 71.5 Å². The maximum Gasteiger partial charge on any atom is 0.146 e. The highest BCUT2D eigenvalue weighted by Crippen LogP contribution is 2.31. The molecular weight excluding hydrogens is 354 g/mol. The van der Waals surface area contributed by atoms with Crippen molar-refractivity contribution in [3.63, 3.8) is 0 Å². The molecule has 1 heterocycles. The Morgan fingerprint density at radius 3 is 2.11 bits per heavy atom. The van der Waals surface area contributed by atoms with Gasteiger partial charge in [-0.25, -0.2) is 9.97 Å². The van der Waals surface area contributed by atoms with Crippen LogP contribution in [0.2, 0.25) is 0 Å². The average Bonchev–Trinajstić information content (AvgIpc) is 2.68. The minimum atomic E-state index is 0.657. The van der Waals surface area contributed by atoms with Crippen molar-refractivity contribution in [3.05, 3.63) is 54.4 Å². The predicted molar refractivity (Wildman–Crippen MR) is 114 cm³/mol. The lowest BCUT2D eigenvalue weighted by atomic mass is 10.2. The van der Waals surface area contributed by atoms with Crippen LogP contribution in [0, 0.1) is 6.92 Å². The molecule has 0 amide bonds. The number of ether oxygens (including phenoxy) is 2. The van der Waals surface area contributed by atoms with E-state index in [0.29, 0.717) is 23.2 Å². The Kier molecular flexibility index (Phi) is 5.84. The van der Waals surface area contributed by atoms with Crippen molar-refractivity contribution >= 4 is 28.7 Å². The molecular formula is C21H25N5O2. The third kappa shape index (κ3) is 4.62. The zero-order valence-electron chi connectivity index (χ0n) is 16.8. The van der Waals surface area contributed by atoms with Crippen molar-refractivity contribution in [2.75, 3.05) is 43.8 Å². The second-order valence-electron chi connectivity index (χ2n) is 6.44. The summed E-state index contributed by atoms with van der Waals surface area (Å²) in [6, 6.07) is 15.6. The number of aryl methyl sites for hydroxylation is 1. The minimum Gasteiger partial charge on any atom is -0.497 e. The van der Waals surface area contributed by atoms with Crippen molar-refractivity contribution in [1.29, 1.82) is 0 Å². The number of benzene rings is 2. The van der Waals surface area contributed by atoms with Crippen LogP contribution in [0.5, 0.6) is 11.5 Å². The molecule has 0 aliphatic heterocycles. The van der Waals surface area contributed by atoms with E-state index in [4.69, 9.17) is 9.47 Å². The van der Waals surface area contributed by atoms with E-state index in [1.165, 1.54) is 0 Å².